The average molecular weight is 299 g/mol. The summed E-state index contributed by atoms with van der Waals surface area (Å²) >= 11 is 1.31. The minimum atomic E-state index is -0.887. The molecule has 0 amide bonds. The number of nitrogens with one attached hydrogen (secondary N) is 1. The fourth-order valence-corrected chi connectivity index (χ4v) is 1.56. The molecule has 1 aromatic carbocycles. The number of hydrogen-bond acceptors (Lipinski definition) is 8. The molecule has 0 saturated heterocycles. The van der Waals surface area contributed by atoms with Gasteiger partial charge in [0.25, 0.3) is 5.69 Å². The van der Waals surface area contributed by atoms with Gasteiger partial charge in [-0.15, -0.1) is 11.3 Å². The average Bonchev–Trinajstić information content (AvgIpc) is 2.74. The van der Waals surface area contributed by atoms with E-state index in [1.807, 2.05) is 0 Å². The van der Waals surface area contributed by atoms with Gasteiger partial charge < -0.3 is 10.9 Å². The summed E-state index contributed by atoms with van der Waals surface area (Å²) in [6.07, 6.45) is 1.65. The summed E-state index contributed by atoms with van der Waals surface area (Å²) in [5.41, 5.74) is -1.10. The Morgan fingerprint density at radius 2 is 1.95 bits per heavy atom. The molecule has 20 heavy (non-hydrogen) atoms. The molecule has 0 saturated carbocycles. The Balaban J connectivity index is 0.000000240. The van der Waals surface area contributed by atoms with Crippen molar-refractivity contribution in [2.45, 2.75) is 0 Å². The van der Waals surface area contributed by atoms with Crippen molar-refractivity contribution < 1.29 is 15.0 Å². The van der Waals surface area contributed by atoms with Gasteiger partial charge in [0.1, 0.15) is 0 Å². The van der Waals surface area contributed by atoms with Crippen molar-refractivity contribution >= 4 is 22.7 Å². The number of nitrogens with zero attached hydrogens (tertiary/aromatic N) is 3. The van der Waals surface area contributed by atoms with Crippen LogP contribution in [0.25, 0.3) is 0 Å². The van der Waals surface area contributed by atoms with Crippen molar-refractivity contribution in [1.29, 1.82) is 5.41 Å². The topological polar surface area (TPSA) is 161 Å². The number of nitro groups is 2. The van der Waals surface area contributed by atoms with E-state index in [4.69, 9.17) is 16.4 Å². The number of aromatic hydroxyl groups is 1. The van der Waals surface area contributed by atoms with Crippen LogP contribution in [0.1, 0.15) is 0 Å². The van der Waals surface area contributed by atoms with Crippen molar-refractivity contribution in [2.24, 2.45) is 0 Å². The molecule has 1 heterocycles. The van der Waals surface area contributed by atoms with Crippen molar-refractivity contribution in [3.63, 3.8) is 0 Å². The molecule has 0 unspecified atom stereocenters. The molecule has 0 fully saturated rings. The highest BCUT2D eigenvalue weighted by Gasteiger charge is 2.18. The van der Waals surface area contributed by atoms with Crippen LogP contribution in [0.2, 0.25) is 0 Å². The van der Waals surface area contributed by atoms with Gasteiger partial charge in [-0.05, 0) is 6.07 Å². The molecule has 11 heteroatoms. The smallest absolute Gasteiger partial charge is 0.317 e. The first kappa shape index (κ1) is 15.1. The van der Waals surface area contributed by atoms with Crippen LogP contribution in [-0.4, -0.2) is 19.6 Å². The van der Waals surface area contributed by atoms with Gasteiger partial charge in [0.2, 0.25) is 0 Å². The second-order valence-electron chi connectivity index (χ2n) is 3.30. The quantitative estimate of drug-likeness (QED) is 0.425. The Hall–Kier alpha value is -2.95. The number of benzene rings is 1. The number of aromatic nitrogens is 1. The van der Waals surface area contributed by atoms with Crippen LogP contribution in [0.4, 0.5) is 11.4 Å². The normalized spacial score (nSPS) is 9.40. The minimum absolute atomic E-state index is 0.375. The maximum absolute atomic E-state index is 10.2. The standard InChI is InChI=1S/C6H4N2O5.C3H5N3S/c9-6-2-1-4(7(10)11)3-5(6)8(12)13;4-3-6(5)1-2-7-3/h1-3,9H;1-2,4H,5H2. The summed E-state index contributed by atoms with van der Waals surface area (Å²) < 4.78 is 1.27. The summed E-state index contributed by atoms with van der Waals surface area (Å²) in [4.78, 5) is 19.1. The molecule has 106 valence electrons. The first-order valence-electron chi connectivity index (χ1n) is 4.90. The van der Waals surface area contributed by atoms with E-state index in [1.54, 1.807) is 11.6 Å². The number of nitrogen functional groups attached to an aromatic ring is 1. The highest BCUT2D eigenvalue weighted by Crippen LogP contribution is 2.29. The summed E-state index contributed by atoms with van der Waals surface area (Å²) in [5.74, 6) is 4.59. The summed E-state index contributed by atoms with van der Waals surface area (Å²) in [6.45, 7) is 0. The number of rotatable bonds is 2. The zero-order valence-electron chi connectivity index (χ0n) is 9.79. The van der Waals surface area contributed by atoms with Crippen LogP contribution in [0, 0.1) is 25.6 Å². The van der Waals surface area contributed by atoms with E-state index >= 15 is 0 Å². The number of nitro benzene ring substituents is 2. The predicted molar refractivity (Wildman–Crippen MR) is 69.7 cm³/mol. The maximum atomic E-state index is 10.2. The fourth-order valence-electron chi connectivity index (χ4n) is 1.06. The molecule has 0 spiro atoms. The molecule has 0 aliphatic carbocycles. The number of nitrogens with two attached hydrogens (primary N) is 1. The third-order valence-corrected chi connectivity index (χ3v) is 2.69. The fraction of sp³-hybridized carbons (Fsp3) is 0. The zero-order chi connectivity index (χ0) is 15.3. The van der Waals surface area contributed by atoms with Crippen LogP contribution in [0.15, 0.2) is 29.8 Å². The van der Waals surface area contributed by atoms with E-state index in [-0.39, 0.29) is 0 Å². The van der Waals surface area contributed by atoms with E-state index in [2.05, 4.69) is 0 Å². The lowest BCUT2D eigenvalue weighted by atomic mass is 10.2. The molecular weight excluding hydrogens is 290 g/mol. The van der Waals surface area contributed by atoms with Gasteiger partial charge in [-0.2, -0.15) is 0 Å². The molecule has 2 aromatic rings. The lowest BCUT2D eigenvalue weighted by Gasteiger charge is -1.94. The van der Waals surface area contributed by atoms with Crippen molar-refractivity contribution in [1.82, 2.24) is 4.68 Å². The highest BCUT2D eigenvalue weighted by molar-refractivity contribution is 7.06. The molecule has 0 radical (unpaired) electrons. The number of phenolic OH excluding ortho intramolecular Hbond substituents is 1. The molecule has 0 bridgehead atoms. The van der Waals surface area contributed by atoms with E-state index in [1.165, 1.54) is 16.0 Å². The zero-order valence-corrected chi connectivity index (χ0v) is 10.6. The van der Waals surface area contributed by atoms with Gasteiger partial charge in [0.05, 0.1) is 15.9 Å². The Morgan fingerprint density at radius 3 is 2.30 bits per heavy atom. The first-order valence-corrected chi connectivity index (χ1v) is 5.78. The molecular formula is C9H9N5O5S. The van der Waals surface area contributed by atoms with Crippen molar-refractivity contribution in [3.05, 3.63) is 54.8 Å². The Labute approximate surface area is 115 Å². The molecule has 0 atom stereocenters. The number of non-ortho nitro benzene ring substituents is 1. The van der Waals surface area contributed by atoms with E-state index in [0.717, 1.165) is 12.1 Å². The molecule has 1 aromatic heterocycles. The van der Waals surface area contributed by atoms with Gasteiger partial charge >= 0.3 is 5.69 Å². The van der Waals surface area contributed by atoms with Gasteiger partial charge in [-0.3, -0.25) is 25.6 Å². The summed E-state index contributed by atoms with van der Waals surface area (Å²) in [7, 11) is 0. The third-order valence-electron chi connectivity index (χ3n) is 2.00. The van der Waals surface area contributed by atoms with Gasteiger partial charge in [-0.1, -0.05) is 0 Å². The molecule has 4 N–H and O–H groups in total. The van der Waals surface area contributed by atoms with Crippen LogP contribution < -0.4 is 10.6 Å². The largest absolute Gasteiger partial charge is 0.502 e. The Bertz CT molecular complexity index is 694. The third kappa shape index (κ3) is 3.78. The van der Waals surface area contributed by atoms with Crippen LogP contribution in [0.3, 0.4) is 0 Å². The maximum Gasteiger partial charge on any atom is 0.317 e. The van der Waals surface area contributed by atoms with Gasteiger partial charge in [0.15, 0.2) is 10.6 Å². The highest BCUT2D eigenvalue weighted by atomic mass is 32.1. The second-order valence-corrected chi connectivity index (χ2v) is 4.20. The lowest BCUT2D eigenvalue weighted by molar-refractivity contribution is -0.394. The number of hydrogen-bond donors (Lipinski definition) is 3. The van der Waals surface area contributed by atoms with Gasteiger partial charge in [-0.25, -0.2) is 4.68 Å². The van der Waals surface area contributed by atoms with Crippen molar-refractivity contribution in [3.8, 4) is 5.75 Å². The number of phenols is 1. The van der Waals surface area contributed by atoms with Crippen LogP contribution in [0.5, 0.6) is 5.75 Å². The van der Waals surface area contributed by atoms with Crippen molar-refractivity contribution in [2.75, 3.05) is 5.84 Å². The van der Waals surface area contributed by atoms with E-state index in [0.29, 0.717) is 10.9 Å². The molecule has 10 nitrogen and oxygen atoms in total. The van der Waals surface area contributed by atoms with Crippen LogP contribution in [-0.2, 0) is 0 Å². The second kappa shape index (κ2) is 6.29. The van der Waals surface area contributed by atoms with Crippen LogP contribution >= 0.6 is 11.3 Å². The van der Waals surface area contributed by atoms with Gasteiger partial charge in [0, 0.05) is 17.6 Å². The lowest BCUT2D eigenvalue weighted by Crippen LogP contribution is -2.19. The van der Waals surface area contributed by atoms with E-state index in [9.17, 15) is 20.2 Å². The minimum Gasteiger partial charge on any atom is -0.502 e. The summed E-state index contributed by atoms with van der Waals surface area (Å²) in [5, 5.41) is 38.1. The summed E-state index contributed by atoms with van der Waals surface area (Å²) in [6, 6.07) is 2.61. The molecule has 0 aliphatic rings. The molecule has 0 aliphatic heterocycles. The Morgan fingerprint density at radius 1 is 1.30 bits per heavy atom. The Kier molecular flexibility index (Phi) is 4.75. The number of thiazole rings is 1. The predicted octanol–water partition coefficient (Wildman–Crippen LogP) is 0.951. The first-order chi connectivity index (χ1) is 9.32. The SMILES string of the molecule is N=c1sccn1N.O=[N+]([O-])c1ccc(O)c([N+](=O)[O-])c1. The van der Waals surface area contributed by atoms with E-state index < -0.39 is 27.0 Å². The monoisotopic (exact) mass is 299 g/mol. The molecule has 2 rings (SSSR count).